The van der Waals surface area contributed by atoms with Gasteiger partial charge in [-0.25, -0.2) is 4.79 Å². The largest absolute Gasteiger partial charge is 0.480 e. The molecule has 0 aliphatic heterocycles. The molecule has 0 radical (unpaired) electrons. The maximum atomic E-state index is 11.6. The van der Waals surface area contributed by atoms with Crippen LogP contribution in [0.1, 0.15) is 30.8 Å². The van der Waals surface area contributed by atoms with E-state index >= 15 is 0 Å². The minimum atomic E-state index is -1.08. The summed E-state index contributed by atoms with van der Waals surface area (Å²) in [4.78, 5) is 34.0. The smallest absolute Gasteiger partial charge is 0.326 e. The van der Waals surface area contributed by atoms with Crippen LogP contribution in [0.25, 0.3) is 0 Å². The molecule has 7 nitrogen and oxygen atoms in total. The lowest BCUT2D eigenvalue weighted by Crippen LogP contribution is -2.45. The second-order valence-electron chi connectivity index (χ2n) is 4.61. The van der Waals surface area contributed by atoms with Crippen LogP contribution in [0.4, 0.5) is 0 Å². The zero-order chi connectivity index (χ0) is 15.1. The Hall–Kier alpha value is -2.31. The zero-order valence-corrected chi connectivity index (χ0v) is 11.4. The lowest BCUT2D eigenvalue weighted by Gasteiger charge is -2.17. The molecule has 1 rings (SSSR count). The summed E-state index contributed by atoms with van der Waals surface area (Å²) < 4.78 is 4.89. The van der Waals surface area contributed by atoms with Crippen LogP contribution in [0.15, 0.2) is 22.8 Å². The highest BCUT2D eigenvalue weighted by molar-refractivity contribution is 5.91. The standard InChI is InChI=1S/C13H18N2O5/c1-8(2)11(13(18)19)15-10(16)5-6-14-12(17)9-4-3-7-20-9/h3-4,7-8,11H,5-6H2,1-2H3,(H,14,17)(H,15,16)(H,18,19)/t11-/m1/s1. The van der Waals surface area contributed by atoms with Gasteiger partial charge in [-0.05, 0) is 18.1 Å². The van der Waals surface area contributed by atoms with Gasteiger partial charge in [-0.15, -0.1) is 0 Å². The van der Waals surface area contributed by atoms with Crippen molar-refractivity contribution in [1.29, 1.82) is 0 Å². The van der Waals surface area contributed by atoms with Crippen molar-refractivity contribution in [2.24, 2.45) is 5.92 Å². The number of rotatable bonds is 7. The molecule has 0 saturated carbocycles. The SMILES string of the molecule is CC(C)[C@@H](NC(=O)CCNC(=O)c1ccco1)C(=O)O. The molecule has 0 aliphatic carbocycles. The predicted octanol–water partition coefficient (Wildman–Crippen LogP) is 0.625. The van der Waals surface area contributed by atoms with Crippen molar-refractivity contribution in [3.05, 3.63) is 24.2 Å². The summed E-state index contributed by atoms with van der Waals surface area (Å²) in [5.74, 6) is -1.97. The molecule has 0 aliphatic rings. The van der Waals surface area contributed by atoms with Gasteiger partial charge in [0, 0.05) is 13.0 Å². The first-order valence-corrected chi connectivity index (χ1v) is 6.25. The summed E-state index contributed by atoms with van der Waals surface area (Å²) in [6.45, 7) is 3.52. The first-order valence-electron chi connectivity index (χ1n) is 6.25. The number of hydrogen-bond donors (Lipinski definition) is 3. The van der Waals surface area contributed by atoms with Crippen LogP contribution in [0, 0.1) is 5.92 Å². The molecule has 20 heavy (non-hydrogen) atoms. The molecule has 0 fully saturated rings. The van der Waals surface area contributed by atoms with Crippen LogP contribution in [0.5, 0.6) is 0 Å². The van der Waals surface area contributed by atoms with Crippen molar-refractivity contribution in [3.8, 4) is 0 Å². The Morgan fingerprint density at radius 1 is 1.35 bits per heavy atom. The Balaban J connectivity index is 2.33. The third-order valence-corrected chi connectivity index (χ3v) is 2.63. The molecule has 110 valence electrons. The number of amides is 2. The van der Waals surface area contributed by atoms with Crippen molar-refractivity contribution in [3.63, 3.8) is 0 Å². The number of carboxylic acid groups (broad SMARTS) is 1. The van der Waals surface area contributed by atoms with Crippen LogP contribution in [-0.4, -0.2) is 35.5 Å². The molecule has 0 spiro atoms. The number of hydrogen-bond acceptors (Lipinski definition) is 4. The highest BCUT2D eigenvalue weighted by atomic mass is 16.4. The molecule has 7 heteroatoms. The normalized spacial score (nSPS) is 11.9. The predicted molar refractivity (Wildman–Crippen MR) is 70.1 cm³/mol. The topological polar surface area (TPSA) is 109 Å². The molecule has 0 saturated heterocycles. The Morgan fingerprint density at radius 2 is 2.05 bits per heavy atom. The highest BCUT2D eigenvalue weighted by Crippen LogP contribution is 2.02. The van der Waals surface area contributed by atoms with Crippen molar-refractivity contribution < 1.29 is 23.9 Å². The number of furan rings is 1. The van der Waals surface area contributed by atoms with E-state index in [-0.39, 0.29) is 24.6 Å². The van der Waals surface area contributed by atoms with Gasteiger partial charge in [0.2, 0.25) is 5.91 Å². The number of nitrogens with one attached hydrogen (secondary N) is 2. The zero-order valence-electron chi connectivity index (χ0n) is 11.4. The van der Waals surface area contributed by atoms with Gasteiger partial charge in [0.15, 0.2) is 5.76 Å². The van der Waals surface area contributed by atoms with E-state index in [1.807, 2.05) is 0 Å². The molecule has 1 aromatic rings. The fourth-order valence-corrected chi connectivity index (χ4v) is 1.54. The van der Waals surface area contributed by atoms with Crippen LogP contribution < -0.4 is 10.6 Å². The van der Waals surface area contributed by atoms with E-state index in [0.717, 1.165) is 0 Å². The summed E-state index contributed by atoms with van der Waals surface area (Å²) in [5.41, 5.74) is 0. The fraction of sp³-hybridized carbons (Fsp3) is 0.462. The van der Waals surface area contributed by atoms with Gasteiger partial charge in [0.1, 0.15) is 6.04 Å². The maximum absolute atomic E-state index is 11.6. The van der Waals surface area contributed by atoms with E-state index < -0.39 is 23.8 Å². The Bertz CT molecular complexity index is 467. The van der Waals surface area contributed by atoms with Gasteiger partial charge in [0.05, 0.1) is 6.26 Å². The van der Waals surface area contributed by atoms with E-state index in [1.165, 1.54) is 12.3 Å². The van der Waals surface area contributed by atoms with Crippen molar-refractivity contribution >= 4 is 17.8 Å². The third kappa shape index (κ3) is 4.75. The number of carbonyl (C=O) groups is 3. The molecule has 2 amide bonds. The van der Waals surface area contributed by atoms with Crippen molar-refractivity contribution in [2.45, 2.75) is 26.3 Å². The summed E-state index contributed by atoms with van der Waals surface area (Å²) >= 11 is 0. The fourth-order valence-electron chi connectivity index (χ4n) is 1.54. The van der Waals surface area contributed by atoms with Gasteiger partial charge in [0.25, 0.3) is 5.91 Å². The molecule has 3 N–H and O–H groups in total. The van der Waals surface area contributed by atoms with Crippen molar-refractivity contribution in [1.82, 2.24) is 10.6 Å². The molecular formula is C13H18N2O5. The lowest BCUT2D eigenvalue weighted by atomic mass is 10.0. The molecule has 0 unspecified atom stereocenters. The van der Waals surface area contributed by atoms with Gasteiger partial charge in [-0.2, -0.15) is 0 Å². The second kappa shape index (κ2) is 7.32. The molecule has 1 atom stereocenters. The van der Waals surface area contributed by atoms with E-state index in [2.05, 4.69) is 10.6 Å². The van der Waals surface area contributed by atoms with Gasteiger partial charge in [-0.1, -0.05) is 13.8 Å². The summed E-state index contributed by atoms with van der Waals surface area (Å²) in [7, 11) is 0. The quantitative estimate of drug-likeness (QED) is 0.679. The van der Waals surface area contributed by atoms with Crippen LogP contribution >= 0.6 is 0 Å². The Kier molecular flexibility index (Phi) is 5.76. The maximum Gasteiger partial charge on any atom is 0.326 e. The average molecular weight is 282 g/mol. The number of carboxylic acids is 1. The molecule has 1 aromatic heterocycles. The van der Waals surface area contributed by atoms with E-state index in [1.54, 1.807) is 19.9 Å². The van der Waals surface area contributed by atoms with E-state index in [0.29, 0.717) is 0 Å². The Labute approximate surface area is 116 Å². The van der Waals surface area contributed by atoms with Gasteiger partial charge < -0.3 is 20.2 Å². The highest BCUT2D eigenvalue weighted by Gasteiger charge is 2.23. The third-order valence-electron chi connectivity index (χ3n) is 2.63. The lowest BCUT2D eigenvalue weighted by molar-refractivity contribution is -0.143. The van der Waals surface area contributed by atoms with Crippen LogP contribution in [0.2, 0.25) is 0 Å². The van der Waals surface area contributed by atoms with Gasteiger partial charge in [-0.3, -0.25) is 9.59 Å². The minimum Gasteiger partial charge on any atom is -0.480 e. The van der Waals surface area contributed by atoms with E-state index in [9.17, 15) is 14.4 Å². The summed E-state index contributed by atoms with van der Waals surface area (Å²) in [5, 5.41) is 13.9. The molecule has 0 bridgehead atoms. The minimum absolute atomic E-state index is 0.00293. The first kappa shape index (κ1) is 15.7. The number of aliphatic carboxylic acids is 1. The van der Waals surface area contributed by atoms with Crippen LogP contribution in [0.3, 0.4) is 0 Å². The summed E-state index contributed by atoms with van der Waals surface area (Å²) in [6.07, 6.45) is 1.38. The van der Waals surface area contributed by atoms with E-state index in [4.69, 9.17) is 9.52 Å². The van der Waals surface area contributed by atoms with Crippen molar-refractivity contribution in [2.75, 3.05) is 6.54 Å². The Morgan fingerprint density at radius 3 is 2.55 bits per heavy atom. The molecule has 0 aromatic carbocycles. The number of carbonyl (C=O) groups excluding carboxylic acids is 2. The van der Waals surface area contributed by atoms with Crippen LogP contribution in [-0.2, 0) is 9.59 Å². The first-order chi connectivity index (χ1) is 9.41. The summed E-state index contributed by atoms with van der Waals surface area (Å²) in [6, 6.07) is 2.17. The monoisotopic (exact) mass is 282 g/mol. The molecule has 1 heterocycles. The second-order valence-corrected chi connectivity index (χ2v) is 4.61. The molecular weight excluding hydrogens is 264 g/mol. The van der Waals surface area contributed by atoms with Gasteiger partial charge >= 0.3 is 5.97 Å². The average Bonchev–Trinajstić information content (AvgIpc) is 2.88.